The van der Waals surface area contributed by atoms with Gasteiger partial charge in [0.15, 0.2) is 5.75 Å². The number of amides is 1. The number of primary amides is 1. The molecule has 0 aromatic carbocycles. The number of hydrogen-bond donors (Lipinski definition) is 1. The largest absolute Gasteiger partial charge is 0.486 e. The molecule has 1 amide bonds. The Balaban J connectivity index is 2.35. The first-order valence-corrected chi connectivity index (χ1v) is 4.70. The summed E-state index contributed by atoms with van der Waals surface area (Å²) in [7, 11) is 0. The Bertz CT molecular complexity index is 456. The number of aromatic nitrogens is 1. The van der Waals surface area contributed by atoms with Gasteiger partial charge in [-0.15, -0.1) is 0 Å². The van der Waals surface area contributed by atoms with Gasteiger partial charge in [0, 0.05) is 6.07 Å². The second-order valence-corrected chi connectivity index (χ2v) is 3.45. The molecule has 1 saturated carbocycles. The molecule has 1 fully saturated rings. The molecule has 84 valence electrons. The zero-order valence-corrected chi connectivity index (χ0v) is 8.25. The van der Waals surface area contributed by atoms with Gasteiger partial charge in [-0.2, -0.15) is 0 Å². The molecule has 2 N–H and O–H groups in total. The fourth-order valence-electron chi connectivity index (χ4n) is 1.17. The first-order valence-electron chi connectivity index (χ1n) is 4.70. The molecule has 0 atom stereocenters. The van der Waals surface area contributed by atoms with Gasteiger partial charge in [0.25, 0.3) is 11.6 Å². The Morgan fingerprint density at radius 3 is 2.75 bits per heavy atom. The van der Waals surface area contributed by atoms with E-state index >= 15 is 0 Å². The summed E-state index contributed by atoms with van der Waals surface area (Å²) in [5, 5.41) is 10.5. The van der Waals surface area contributed by atoms with E-state index in [0.717, 1.165) is 12.8 Å². The van der Waals surface area contributed by atoms with Crippen LogP contribution in [0.3, 0.4) is 0 Å². The third-order valence-electron chi connectivity index (χ3n) is 2.08. The average Bonchev–Trinajstić information content (AvgIpc) is 3.01. The zero-order valence-electron chi connectivity index (χ0n) is 8.25. The van der Waals surface area contributed by atoms with Crippen LogP contribution in [0.4, 0.5) is 5.82 Å². The van der Waals surface area contributed by atoms with Crippen molar-refractivity contribution in [1.29, 1.82) is 0 Å². The molecule has 7 heteroatoms. The lowest BCUT2D eigenvalue weighted by Crippen LogP contribution is -2.16. The summed E-state index contributed by atoms with van der Waals surface area (Å²) in [4.78, 5) is 24.4. The van der Waals surface area contributed by atoms with Crippen molar-refractivity contribution in [2.45, 2.75) is 18.9 Å². The molecule has 1 heterocycles. The zero-order chi connectivity index (χ0) is 11.7. The second-order valence-electron chi connectivity index (χ2n) is 3.45. The van der Waals surface area contributed by atoms with E-state index in [1.807, 2.05) is 0 Å². The predicted octanol–water partition coefficient (Wildman–Crippen LogP) is 0.630. The van der Waals surface area contributed by atoms with Crippen molar-refractivity contribution in [3.05, 3.63) is 27.9 Å². The number of nitrogens with two attached hydrogens (primary N) is 1. The Morgan fingerprint density at radius 2 is 2.25 bits per heavy atom. The maximum Gasteiger partial charge on any atom is 0.364 e. The predicted molar refractivity (Wildman–Crippen MR) is 53.1 cm³/mol. The molecule has 0 saturated heterocycles. The van der Waals surface area contributed by atoms with Gasteiger partial charge in [-0.1, -0.05) is 0 Å². The Morgan fingerprint density at radius 1 is 1.56 bits per heavy atom. The lowest BCUT2D eigenvalue weighted by atomic mass is 10.3. The highest BCUT2D eigenvalue weighted by molar-refractivity contribution is 5.93. The summed E-state index contributed by atoms with van der Waals surface area (Å²) < 4.78 is 5.37. The van der Waals surface area contributed by atoms with E-state index in [4.69, 9.17) is 10.5 Å². The Kier molecular flexibility index (Phi) is 2.43. The number of hydrogen-bond acceptors (Lipinski definition) is 5. The van der Waals surface area contributed by atoms with Gasteiger partial charge < -0.3 is 20.6 Å². The van der Waals surface area contributed by atoms with Gasteiger partial charge in [-0.25, -0.2) is 0 Å². The third-order valence-corrected chi connectivity index (χ3v) is 2.08. The van der Waals surface area contributed by atoms with Crippen LogP contribution in [0.25, 0.3) is 0 Å². The standard InChI is InChI=1S/C9H9N3O4/c10-9(13)8-6(16-5-1-2-5)3-4-7(11-8)12(14)15/h3-5H,1-2H2,(H2,10,13). The molecule has 16 heavy (non-hydrogen) atoms. The van der Waals surface area contributed by atoms with Crippen molar-refractivity contribution in [3.63, 3.8) is 0 Å². The molecule has 0 aliphatic heterocycles. The first-order chi connectivity index (χ1) is 7.58. The molecule has 1 aliphatic rings. The van der Waals surface area contributed by atoms with E-state index in [1.54, 1.807) is 0 Å². The average molecular weight is 223 g/mol. The minimum atomic E-state index is -0.834. The Labute approximate surface area is 90.4 Å². The van der Waals surface area contributed by atoms with E-state index in [-0.39, 0.29) is 17.5 Å². The smallest absolute Gasteiger partial charge is 0.364 e. The van der Waals surface area contributed by atoms with Gasteiger partial charge in [-0.05, 0) is 28.8 Å². The topological polar surface area (TPSA) is 108 Å². The SMILES string of the molecule is NC(=O)c1nc([N+](=O)[O-])ccc1OC1CC1. The molecular formula is C9H9N3O4. The van der Waals surface area contributed by atoms with Crippen molar-refractivity contribution >= 4 is 11.7 Å². The second kappa shape index (κ2) is 3.76. The number of pyridine rings is 1. The van der Waals surface area contributed by atoms with Crippen LogP contribution >= 0.6 is 0 Å². The number of ether oxygens (including phenoxy) is 1. The maximum atomic E-state index is 11.1. The Hall–Kier alpha value is -2.18. The fourth-order valence-corrected chi connectivity index (χ4v) is 1.17. The number of carbonyl (C=O) groups excluding carboxylic acids is 1. The van der Waals surface area contributed by atoms with Crippen molar-refractivity contribution < 1.29 is 14.5 Å². The molecule has 1 aromatic rings. The highest BCUT2D eigenvalue weighted by Gasteiger charge is 2.28. The molecule has 0 spiro atoms. The summed E-state index contributed by atoms with van der Waals surface area (Å²) in [6.45, 7) is 0. The van der Waals surface area contributed by atoms with Crippen LogP contribution in [0.1, 0.15) is 23.3 Å². The highest BCUT2D eigenvalue weighted by atomic mass is 16.6. The molecule has 7 nitrogen and oxygen atoms in total. The number of nitro groups is 1. The van der Waals surface area contributed by atoms with Crippen molar-refractivity contribution in [2.75, 3.05) is 0 Å². The van der Waals surface area contributed by atoms with Crippen LogP contribution < -0.4 is 10.5 Å². The molecule has 0 unspecified atom stereocenters. The van der Waals surface area contributed by atoms with Crippen LogP contribution in [0.2, 0.25) is 0 Å². The summed E-state index contributed by atoms with van der Waals surface area (Å²) in [5.74, 6) is -1.04. The fraction of sp³-hybridized carbons (Fsp3) is 0.333. The van der Waals surface area contributed by atoms with E-state index < -0.39 is 16.6 Å². The summed E-state index contributed by atoms with van der Waals surface area (Å²) in [5.41, 5.74) is 4.88. The molecule has 0 radical (unpaired) electrons. The number of nitrogens with zero attached hydrogens (tertiary/aromatic N) is 2. The molecule has 1 aromatic heterocycles. The lowest BCUT2D eigenvalue weighted by molar-refractivity contribution is -0.389. The monoisotopic (exact) mass is 223 g/mol. The van der Waals surface area contributed by atoms with Crippen LogP contribution in [-0.4, -0.2) is 21.9 Å². The molecular weight excluding hydrogens is 214 g/mol. The van der Waals surface area contributed by atoms with Crippen LogP contribution in [-0.2, 0) is 0 Å². The molecule has 2 rings (SSSR count). The highest BCUT2D eigenvalue weighted by Crippen LogP contribution is 2.29. The third kappa shape index (κ3) is 2.08. The van der Waals surface area contributed by atoms with Gasteiger partial charge in [0.05, 0.1) is 6.10 Å². The minimum Gasteiger partial charge on any atom is -0.486 e. The van der Waals surface area contributed by atoms with Crippen LogP contribution in [0.5, 0.6) is 5.75 Å². The molecule has 1 aliphatic carbocycles. The van der Waals surface area contributed by atoms with Gasteiger partial charge in [0.2, 0.25) is 0 Å². The van der Waals surface area contributed by atoms with Crippen molar-refractivity contribution in [3.8, 4) is 5.75 Å². The van der Waals surface area contributed by atoms with E-state index in [9.17, 15) is 14.9 Å². The van der Waals surface area contributed by atoms with Crippen LogP contribution in [0, 0.1) is 10.1 Å². The summed E-state index contributed by atoms with van der Waals surface area (Å²) in [6.07, 6.45) is 1.89. The summed E-state index contributed by atoms with van der Waals surface area (Å²) >= 11 is 0. The van der Waals surface area contributed by atoms with E-state index in [0.29, 0.717) is 0 Å². The van der Waals surface area contributed by atoms with Gasteiger partial charge >= 0.3 is 5.82 Å². The normalized spacial score (nSPS) is 14.5. The first kappa shape index (κ1) is 10.3. The minimum absolute atomic E-state index is 0.0707. The lowest BCUT2D eigenvalue weighted by Gasteiger charge is -2.04. The maximum absolute atomic E-state index is 11.1. The van der Waals surface area contributed by atoms with Gasteiger partial charge in [0.1, 0.15) is 0 Å². The quantitative estimate of drug-likeness (QED) is 0.594. The number of rotatable bonds is 4. The van der Waals surface area contributed by atoms with Crippen molar-refractivity contribution in [2.24, 2.45) is 5.73 Å². The number of carbonyl (C=O) groups is 1. The molecule has 0 bridgehead atoms. The van der Waals surface area contributed by atoms with Crippen LogP contribution in [0.15, 0.2) is 12.1 Å². The van der Waals surface area contributed by atoms with E-state index in [2.05, 4.69) is 4.98 Å². The summed E-state index contributed by atoms with van der Waals surface area (Å²) in [6, 6.07) is 2.54. The van der Waals surface area contributed by atoms with E-state index in [1.165, 1.54) is 12.1 Å². The van der Waals surface area contributed by atoms with Gasteiger partial charge in [-0.3, -0.25) is 4.79 Å². The van der Waals surface area contributed by atoms with Crippen molar-refractivity contribution in [1.82, 2.24) is 4.98 Å².